The van der Waals surface area contributed by atoms with Crippen molar-refractivity contribution in [3.8, 4) is 17.6 Å². The minimum Gasteiger partial charge on any atom is -0.496 e. The second-order valence-corrected chi connectivity index (χ2v) is 8.99. The fourth-order valence-corrected chi connectivity index (χ4v) is 4.34. The number of nitriles is 1. The molecule has 0 aliphatic heterocycles. The van der Waals surface area contributed by atoms with E-state index >= 15 is 0 Å². The third-order valence-electron chi connectivity index (χ3n) is 5.92. The highest BCUT2D eigenvalue weighted by molar-refractivity contribution is 6.32. The van der Waals surface area contributed by atoms with E-state index in [2.05, 4.69) is 9.98 Å². The highest BCUT2D eigenvalue weighted by Gasteiger charge is 2.17. The molecule has 0 bridgehead atoms. The molecule has 3 aromatic heterocycles. The van der Waals surface area contributed by atoms with Crippen molar-refractivity contribution in [2.75, 3.05) is 7.11 Å². The van der Waals surface area contributed by atoms with E-state index in [1.165, 1.54) is 10.6 Å². The van der Waals surface area contributed by atoms with Gasteiger partial charge in [0.1, 0.15) is 35.3 Å². The summed E-state index contributed by atoms with van der Waals surface area (Å²) in [6, 6.07) is 14.5. The van der Waals surface area contributed by atoms with Gasteiger partial charge in [-0.3, -0.25) is 14.8 Å². The summed E-state index contributed by atoms with van der Waals surface area (Å²) in [6.07, 6.45) is 4.94. The predicted molar refractivity (Wildman–Crippen MR) is 149 cm³/mol. The van der Waals surface area contributed by atoms with Gasteiger partial charge in [-0.05, 0) is 51.1 Å². The van der Waals surface area contributed by atoms with E-state index in [0.717, 1.165) is 16.6 Å². The van der Waals surface area contributed by atoms with Gasteiger partial charge in [-0.2, -0.15) is 5.26 Å². The van der Waals surface area contributed by atoms with Gasteiger partial charge in [-0.15, -0.1) is 0 Å². The van der Waals surface area contributed by atoms with Gasteiger partial charge in [0, 0.05) is 40.3 Å². The molecule has 0 aliphatic carbocycles. The Kier molecular flexibility index (Phi) is 8.19. The lowest BCUT2D eigenvalue weighted by atomic mass is 10.0. The van der Waals surface area contributed by atoms with Crippen LogP contribution in [0.15, 0.2) is 69.7 Å². The summed E-state index contributed by atoms with van der Waals surface area (Å²) in [7, 11) is 1.57. The van der Waals surface area contributed by atoms with E-state index in [0.29, 0.717) is 39.0 Å². The van der Waals surface area contributed by atoms with Crippen LogP contribution in [0, 0.1) is 18.3 Å². The first-order valence-corrected chi connectivity index (χ1v) is 12.2. The molecule has 4 rings (SSSR count). The topological polar surface area (TPSA) is 102 Å². The largest absolute Gasteiger partial charge is 0.496 e. The maximum Gasteiger partial charge on any atom is 0.268 e. The average Bonchev–Trinajstić information content (AvgIpc) is 2.91. The van der Waals surface area contributed by atoms with E-state index in [1.807, 2.05) is 44.2 Å². The Balaban J connectivity index is 1.75. The molecule has 0 N–H and O–H groups in total. The molecule has 9 heteroatoms. The lowest BCUT2D eigenvalue weighted by Crippen LogP contribution is -2.23. The predicted octanol–water partition coefficient (Wildman–Crippen LogP) is 5.63. The highest BCUT2D eigenvalue weighted by atomic mass is 35.5. The Hall–Kier alpha value is -4.48. The second kappa shape index (κ2) is 11.7. The van der Waals surface area contributed by atoms with E-state index in [4.69, 9.17) is 26.1 Å². The normalized spacial score (nSPS) is 11.9. The molecule has 0 saturated heterocycles. The van der Waals surface area contributed by atoms with Gasteiger partial charge in [-0.25, -0.2) is 4.98 Å². The van der Waals surface area contributed by atoms with Crippen LogP contribution in [0.1, 0.15) is 41.9 Å². The number of aliphatic imine (C=N–C) groups is 1. The SMILES string of the molecule is C/C=N\C(=C(/C)Cl)c1cc(C)nc2c(OCc3c(OC)ccnc3Cn3cccc(C#N)c3=O)cccc12. The van der Waals surface area contributed by atoms with Crippen LogP contribution in [-0.4, -0.2) is 27.9 Å². The van der Waals surface area contributed by atoms with E-state index in [1.54, 1.807) is 44.8 Å². The van der Waals surface area contributed by atoms with Gasteiger partial charge in [0.05, 0.1) is 30.6 Å². The van der Waals surface area contributed by atoms with Crippen LogP contribution in [0.5, 0.6) is 11.5 Å². The molecular formula is C29H26ClN5O3. The number of aryl methyl sites for hydroxylation is 1. The highest BCUT2D eigenvalue weighted by Crippen LogP contribution is 2.34. The third kappa shape index (κ3) is 5.43. The first kappa shape index (κ1) is 26.6. The monoisotopic (exact) mass is 527 g/mol. The van der Waals surface area contributed by atoms with Crippen molar-refractivity contribution >= 4 is 34.4 Å². The van der Waals surface area contributed by atoms with Crippen LogP contribution >= 0.6 is 11.6 Å². The summed E-state index contributed by atoms with van der Waals surface area (Å²) in [5.41, 5.74) is 3.94. The lowest BCUT2D eigenvalue weighted by molar-refractivity contribution is 0.296. The zero-order valence-electron chi connectivity index (χ0n) is 21.5. The summed E-state index contributed by atoms with van der Waals surface area (Å²) in [6.45, 7) is 5.83. The molecule has 0 saturated carbocycles. The first-order chi connectivity index (χ1) is 18.4. The molecule has 0 amide bonds. The number of allylic oxidation sites excluding steroid dienone is 1. The van der Waals surface area contributed by atoms with Gasteiger partial charge < -0.3 is 14.0 Å². The summed E-state index contributed by atoms with van der Waals surface area (Å²) in [5, 5.41) is 10.7. The minimum atomic E-state index is -0.388. The molecular weight excluding hydrogens is 502 g/mol. The molecule has 0 unspecified atom stereocenters. The zero-order valence-corrected chi connectivity index (χ0v) is 22.3. The van der Waals surface area contributed by atoms with E-state index in [-0.39, 0.29) is 24.3 Å². The first-order valence-electron chi connectivity index (χ1n) is 11.9. The number of pyridine rings is 3. The molecule has 4 aromatic rings. The maximum absolute atomic E-state index is 12.6. The van der Waals surface area contributed by atoms with Gasteiger partial charge in [0.2, 0.25) is 0 Å². The molecule has 0 spiro atoms. The van der Waals surface area contributed by atoms with Crippen LogP contribution in [0.3, 0.4) is 0 Å². The van der Waals surface area contributed by atoms with Crippen LogP contribution in [0.2, 0.25) is 0 Å². The quantitative estimate of drug-likeness (QED) is 0.275. The summed E-state index contributed by atoms with van der Waals surface area (Å²) >= 11 is 6.39. The Labute approximate surface area is 225 Å². The lowest BCUT2D eigenvalue weighted by Gasteiger charge is -2.16. The molecule has 0 fully saturated rings. The number of halogens is 1. The summed E-state index contributed by atoms with van der Waals surface area (Å²) < 4.78 is 13.3. The maximum atomic E-state index is 12.6. The molecule has 192 valence electrons. The van der Waals surface area contributed by atoms with Crippen LogP contribution in [0.25, 0.3) is 16.6 Å². The average molecular weight is 528 g/mol. The Bertz CT molecular complexity index is 1660. The van der Waals surface area contributed by atoms with Gasteiger partial charge in [-0.1, -0.05) is 23.7 Å². The molecule has 8 nitrogen and oxygen atoms in total. The smallest absolute Gasteiger partial charge is 0.268 e. The summed E-state index contributed by atoms with van der Waals surface area (Å²) in [4.78, 5) is 26.3. The number of ether oxygens (including phenoxy) is 2. The molecule has 0 aliphatic rings. The summed E-state index contributed by atoms with van der Waals surface area (Å²) in [5.74, 6) is 1.14. The van der Waals surface area contributed by atoms with Crippen LogP contribution in [0.4, 0.5) is 0 Å². The number of methoxy groups -OCH3 is 1. The molecule has 1 aromatic carbocycles. The van der Waals surface area contributed by atoms with Crippen molar-refractivity contribution in [1.82, 2.24) is 14.5 Å². The van der Waals surface area contributed by atoms with Crippen molar-refractivity contribution in [3.05, 3.63) is 98.3 Å². The Morgan fingerprint density at radius 1 is 1.24 bits per heavy atom. The van der Waals surface area contributed by atoms with Crippen molar-refractivity contribution < 1.29 is 9.47 Å². The van der Waals surface area contributed by atoms with E-state index < -0.39 is 0 Å². The van der Waals surface area contributed by atoms with Gasteiger partial charge in [0.25, 0.3) is 5.56 Å². The number of para-hydroxylation sites is 1. The second-order valence-electron chi connectivity index (χ2n) is 8.43. The molecule has 0 atom stereocenters. The number of hydrogen-bond acceptors (Lipinski definition) is 7. The van der Waals surface area contributed by atoms with E-state index in [9.17, 15) is 10.1 Å². The number of aromatic nitrogens is 3. The Morgan fingerprint density at radius 2 is 2.05 bits per heavy atom. The number of rotatable bonds is 8. The number of fused-ring (bicyclic) bond motifs is 1. The number of nitrogens with zero attached hydrogens (tertiary/aromatic N) is 5. The minimum absolute atomic E-state index is 0.0641. The fraction of sp³-hybridized carbons (Fsp3) is 0.207. The van der Waals surface area contributed by atoms with Gasteiger partial charge >= 0.3 is 0 Å². The van der Waals surface area contributed by atoms with Crippen molar-refractivity contribution in [3.63, 3.8) is 0 Å². The molecule has 3 heterocycles. The van der Waals surface area contributed by atoms with Crippen LogP contribution < -0.4 is 15.0 Å². The molecule has 38 heavy (non-hydrogen) atoms. The fourth-order valence-electron chi connectivity index (χ4n) is 4.19. The third-order valence-corrected chi connectivity index (χ3v) is 6.10. The van der Waals surface area contributed by atoms with Gasteiger partial charge in [0.15, 0.2) is 0 Å². The van der Waals surface area contributed by atoms with Crippen molar-refractivity contribution in [2.24, 2.45) is 4.99 Å². The van der Waals surface area contributed by atoms with Crippen molar-refractivity contribution in [1.29, 1.82) is 5.26 Å². The Morgan fingerprint density at radius 3 is 2.76 bits per heavy atom. The number of benzene rings is 1. The standard InChI is InChI=1S/C29H26ClN5O3/c1-5-32-27(19(3)30)22-14-18(2)34-28-21(22)9-6-10-26(28)38-17-23-24(33-12-11-25(23)37-4)16-35-13-7-8-20(15-31)29(35)36/h5-14H,16-17H2,1-4H3/b27-19+,32-5-. The van der Waals surface area contributed by atoms with Crippen molar-refractivity contribution in [2.45, 2.75) is 33.9 Å². The molecule has 0 radical (unpaired) electrons. The number of hydrogen-bond donors (Lipinski definition) is 0. The zero-order chi connectivity index (χ0) is 27.2. The van der Waals surface area contributed by atoms with Crippen LogP contribution in [-0.2, 0) is 13.2 Å².